The minimum atomic E-state index is -3.46. The molecular weight excluding hydrogens is 322 g/mol. The molecule has 0 saturated carbocycles. The quantitative estimate of drug-likeness (QED) is 0.702. The molecule has 0 aliphatic carbocycles. The Labute approximate surface area is 148 Å². The van der Waals surface area contributed by atoms with Gasteiger partial charge in [-0.05, 0) is 50.3 Å². The van der Waals surface area contributed by atoms with Crippen LogP contribution >= 0.6 is 0 Å². The molecule has 0 N–H and O–H groups in total. The van der Waals surface area contributed by atoms with E-state index >= 15 is 0 Å². The highest BCUT2D eigenvalue weighted by molar-refractivity contribution is 7.89. The van der Waals surface area contributed by atoms with Crippen LogP contribution < -0.4 is 0 Å². The van der Waals surface area contributed by atoms with Crippen LogP contribution in [0.3, 0.4) is 0 Å². The summed E-state index contributed by atoms with van der Waals surface area (Å²) >= 11 is 0. The summed E-state index contributed by atoms with van der Waals surface area (Å²) in [5.41, 5.74) is 1.14. The molecule has 0 amide bonds. The van der Waals surface area contributed by atoms with Crippen LogP contribution in [0.5, 0.6) is 0 Å². The highest BCUT2D eigenvalue weighted by Crippen LogP contribution is 2.24. The second-order valence-corrected chi connectivity index (χ2v) is 9.49. The maximum atomic E-state index is 12.8. The lowest BCUT2D eigenvalue weighted by atomic mass is 9.87. The molecule has 0 bridgehead atoms. The average molecular weight is 356 g/mol. The van der Waals surface area contributed by atoms with Gasteiger partial charge >= 0.3 is 0 Å². The Morgan fingerprint density at radius 3 is 2.04 bits per heavy atom. The maximum Gasteiger partial charge on any atom is 0.243 e. The summed E-state index contributed by atoms with van der Waals surface area (Å²) < 4.78 is 32.9. The second-order valence-electron chi connectivity index (χ2n) is 7.56. The lowest BCUT2D eigenvalue weighted by Gasteiger charge is -2.24. The lowest BCUT2D eigenvalue weighted by Crippen LogP contribution is -2.34. The first kappa shape index (κ1) is 21.1. The van der Waals surface area contributed by atoms with Crippen LogP contribution in [-0.4, -0.2) is 38.0 Å². The minimum Gasteiger partial charge on any atom is -0.376 e. The molecule has 1 rings (SSSR count). The monoisotopic (exact) mass is 355 g/mol. The van der Waals surface area contributed by atoms with Crippen molar-refractivity contribution in [3.05, 3.63) is 29.8 Å². The Morgan fingerprint density at radius 1 is 1.08 bits per heavy atom. The molecule has 4 nitrogen and oxygen atoms in total. The third kappa shape index (κ3) is 5.87. The average Bonchev–Trinajstić information content (AvgIpc) is 2.46. The van der Waals surface area contributed by atoms with E-state index in [4.69, 9.17) is 4.74 Å². The molecule has 1 aromatic rings. The Bertz CT molecular complexity index is 600. The molecule has 0 fully saturated rings. The minimum absolute atomic E-state index is 0.0103. The third-order valence-electron chi connectivity index (χ3n) is 4.00. The topological polar surface area (TPSA) is 46.6 Å². The Hall–Kier alpha value is -0.910. The van der Waals surface area contributed by atoms with E-state index in [0.29, 0.717) is 24.4 Å². The van der Waals surface area contributed by atoms with E-state index in [0.717, 1.165) is 5.56 Å². The Balaban J connectivity index is 2.87. The van der Waals surface area contributed by atoms with Crippen molar-refractivity contribution in [2.24, 2.45) is 0 Å². The van der Waals surface area contributed by atoms with Crippen molar-refractivity contribution < 1.29 is 13.2 Å². The van der Waals surface area contributed by atoms with E-state index in [-0.39, 0.29) is 17.6 Å². The van der Waals surface area contributed by atoms with Crippen molar-refractivity contribution in [3.63, 3.8) is 0 Å². The van der Waals surface area contributed by atoms with Gasteiger partial charge in [-0.2, -0.15) is 4.31 Å². The van der Waals surface area contributed by atoms with Gasteiger partial charge in [-0.25, -0.2) is 8.42 Å². The SMILES string of the molecule is CCN(CCC(C)OC(C)C)S(=O)(=O)c1ccc(C(C)(C)C)cc1. The van der Waals surface area contributed by atoms with Crippen LogP contribution in [0.15, 0.2) is 29.2 Å². The fraction of sp³-hybridized carbons (Fsp3) is 0.684. The Morgan fingerprint density at radius 2 is 1.62 bits per heavy atom. The summed E-state index contributed by atoms with van der Waals surface area (Å²) in [6, 6.07) is 7.25. The molecule has 1 aromatic carbocycles. The van der Waals surface area contributed by atoms with E-state index in [1.165, 1.54) is 4.31 Å². The van der Waals surface area contributed by atoms with Gasteiger partial charge in [-0.15, -0.1) is 0 Å². The molecular formula is C19H33NO3S. The highest BCUT2D eigenvalue weighted by atomic mass is 32.2. The van der Waals surface area contributed by atoms with Crippen molar-refractivity contribution in [3.8, 4) is 0 Å². The first-order chi connectivity index (χ1) is 11.0. The summed E-state index contributed by atoms with van der Waals surface area (Å²) in [5.74, 6) is 0. The summed E-state index contributed by atoms with van der Waals surface area (Å²) in [6.07, 6.45) is 0.875. The van der Waals surface area contributed by atoms with Crippen molar-refractivity contribution in [1.82, 2.24) is 4.31 Å². The predicted molar refractivity (Wildman–Crippen MR) is 99.9 cm³/mol. The molecule has 0 saturated heterocycles. The smallest absolute Gasteiger partial charge is 0.243 e. The van der Waals surface area contributed by atoms with Crippen LogP contribution in [0.4, 0.5) is 0 Å². The number of benzene rings is 1. The molecule has 0 aliphatic heterocycles. The molecule has 24 heavy (non-hydrogen) atoms. The molecule has 1 atom stereocenters. The molecule has 0 radical (unpaired) electrons. The van der Waals surface area contributed by atoms with E-state index in [1.807, 2.05) is 39.8 Å². The zero-order valence-corrected chi connectivity index (χ0v) is 17.0. The number of hydrogen-bond donors (Lipinski definition) is 0. The van der Waals surface area contributed by atoms with Crippen LogP contribution in [0, 0.1) is 0 Å². The molecule has 1 unspecified atom stereocenters. The largest absolute Gasteiger partial charge is 0.376 e. The number of ether oxygens (including phenoxy) is 1. The van der Waals surface area contributed by atoms with Gasteiger partial charge in [0.25, 0.3) is 0 Å². The van der Waals surface area contributed by atoms with E-state index < -0.39 is 10.0 Å². The summed E-state index contributed by atoms with van der Waals surface area (Å²) in [5, 5.41) is 0. The first-order valence-corrected chi connectivity index (χ1v) is 10.2. The van der Waals surface area contributed by atoms with Gasteiger partial charge in [0.15, 0.2) is 0 Å². The third-order valence-corrected chi connectivity index (χ3v) is 5.99. The highest BCUT2D eigenvalue weighted by Gasteiger charge is 2.24. The molecule has 0 aliphatic rings. The van der Waals surface area contributed by atoms with Crippen LogP contribution in [0.2, 0.25) is 0 Å². The molecule has 0 spiro atoms. The summed E-state index contributed by atoms with van der Waals surface area (Å²) in [4.78, 5) is 0.356. The zero-order valence-electron chi connectivity index (χ0n) is 16.2. The van der Waals surface area contributed by atoms with Crippen molar-refractivity contribution in [2.45, 2.75) is 77.4 Å². The maximum absolute atomic E-state index is 12.8. The lowest BCUT2D eigenvalue weighted by molar-refractivity contribution is 0.0124. The van der Waals surface area contributed by atoms with Crippen LogP contribution in [0.25, 0.3) is 0 Å². The summed E-state index contributed by atoms with van der Waals surface area (Å²) in [6.45, 7) is 15.1. The van der Waals surface area contributed by atoms with Crippen LogP contribution in [0.1, 0.15) is 60.5 Å². The van der Waals surface area contributed by atoms with E-state index in [1.54, 1.807) is 12.1 Å². The number of hydrogen-bond acceptors (Lipinski definition) is 3. The van der Waals surface area contributed by atoms with Gasteiger partial charge in [0.2, 0.25) is 10.0 Å². The van der Waals surface area contributed by atoms with Crippen LogP contribution in [-0.2, 0) is 20.2 Å². The summed E-state index contributed by atoms with van der Waals surface area (Å²) in [7, 11) is -3.46. The fourth-order valence-corrected chi connectivity index (χ4v) is 4.05. The predicted octanol–water partition coefficient (Wildman–Crippen LogP) is 4.20. The van der Waals surface area contributed by atoms with Gasteiger partial charge in [0, 0.05) is 13.1 Å². The number of rotatable bonds is 8. The molecule has 5 heteroatoms. The molecule has 0 heterocycles. The van der Waals surface area contributed by atoms with Gasteiger partial charge in [0.05, 0.1) is 17.1 Å². The fourth-order valence-electron chi connectivity index (χ4n) is 2.58. The zero-order chi connectivity index (χ0) is 18.5. The van der Waals surface area contributed by atoms with Crippen molar-refractivity contribution in [2.75, 3.05) is 13.1 Å². The van der Waals surface area contributed by atoms with Crippen molar-refractivity contribution in [1.29, 1.82) is 0 Å². The van der Waals surface area contributed by atoms with Gasteiger partial charge in [-0.1, -0.05) is 39.8 Å². The normalized spacial score (nSPS) is 14.4. The number of nitrogens with zero attached hydrogens (tertiary/aromatic N) is 1. The van der Waals surface area contributed by atoms with E-state index in [2.05, 4.69) is 20.8 Å². The van der Waals surface area contributed by atoms with Gasteiger partial charge < -0.3 is 4.74 Å². The van der Waals surface area contributed by atoms with Gasteiger partial charge in [-0.3, -0.25) is 0 Å². The van der Waals surface area contributed by atoms with Crippen molar-refractivity contribution >= 4 is 10.0 Å². The second kappa shape index (κ2) is 8.45. The number of sulfonamides is 1. The molecule has 0 aromatic heterocycles. The van der Waals surface area contributed by atoms with Gasteiger partial charge in [0.1, 0.15) is 0 Å². The van der Waals surface area contributed by atoms with E-state index in [9.17, 15) is 8.42 Å². The molecule has 138 valence electrons. The Kier molecular flexibility index (Phi) is 7.44. The first-order valence-electron chi connectivity index (χ1n) is 8.74. The standard InChI is InChI=1S/C19H33NO3S/c1-8-20(14-13-16(4)23-15(2)3)24(21,22)18-11-9-17(10-12-18)19(5,6)7/h9-12,15-16H,8,13-14H2,1-7H3.